The zero-order valence-electron chi connectivity index (χ0n) is 14.5. The lowest BCUT2D eigenvalue weighted by Gasteiger charge is -2.25. The van der Waals surface area contributed by atoms with Crippen LogP contribution in [0.3, 0.4) is 0 Å². The number of rotatable bonds is 12. The van der Waals surface area contributed by atoms with Gasteiger partial charge in [0.25, 0.3) is 0 Å². The average Bonchev–Trinajstić information content (AvgIpc) is 2.32. The molecule has 0 aromatic rings. The van der Waals surface area contributed by atoms with Crippen molar-refractivity contribution in [1.29, 1.82) is 0 Å². The molecule has 0 heterocycles. The van der Waals surface area contributed by atoms with E-state index in [9.17, 15) is 5.11 Å². The Labute approximate surface area is 130 Å². The van der Waals surface area contributed by atoms with E-state index in [0.717, 1.165) is 25.9 Å². The Morgan fingerprint density at radius 2 is 1.57 bits per heavy atom. The van der Waals surface area contributed by atoms with Crippen molar-refractivity contribution in [3.63, 3.8) is 0 Å². The minimum atomic E-state index is -1.06. The standard InChI is InChI=1S/C16H35NO4/c1-15(2,3)20-13-8-6-7-9-16(4,19)21-14-11-17(5)10-12-18/h18-19H,6-14H2,1-5H3. The van der Waals surface area contributed by atoms with Gasteiger partial charge in [-0.25, -0.2) is 0 Å². The molecule has 0 saturated heterocycles. The summed E-state index contributed by atoms with van der Waals surface area (Å²) in [5.41, 5.74) is -0.0742. The molecule has 5 nitrogen and oxygen atoms in total. The van der Waals surface area contributed by atoms with E-state index >= 15 is 0 Å². The van der Waals surface area contributed by atoms with E-state index in [4.69, 9.17) is 14.6 Å². The molecule has 0 spiro atoms. The molecule has 0 aliphatic rings. The number of ether oxygens (including phenoxy) is 2. The van der Waals surface area contributed by atoms with Crippen LogP contribution in [0.4, 0.5) is 0 Å². The van der Waals surface area contributed by atoms with Gasteiger partial charge in [0.05, 0.1) is 18.8 Å². The molecule has 0 bridgehead atoms. The first kappa shape index (κ1) is 20.8. The number of hydrogen-bond acceptors (Lipinski definition) is 5. The molecule has 0 aromatic heterocycles. The second-order valence-corrected chi connectivity index (χ2v) is 6.82. The summed E-state index contributed by atoms with van der Waals surface area (Å²) >= 11 is 0. The predicted molar refractivity (Wildman–Crippen MR) is 85.3 cm³/mol. The lowest BCUT2D eigenvalue weighted by molar-refractivity contribution is -0.196. The van der Waals surface area contributed by atoms with Crippen LogP contribution in [0.2, 0.25) is 0 Å². The molecule has 21 heavy (non-hydrogen) atoms. The Bertz CT molecular complexity index is 251. The summed E-state index contributed by atoms with van der Waals surface area (Å²) in [6.45, 7) is 10.6. The van der Waals surface area contributed by atoms with Crippen LogP contribution in [0.25, 0.3) is 0 Å². The smallest absolute Gasteiger partial charge is 0.162 e. The van der Waals surface area contributed by atoms with Gasteiger partial charge in [-0.1, -0.05) is 6.42 Å². The van der Waals surface area contributed by atoms with Gasteiger partial charge in [0, 0.05) is 26.1 Å². The van der Waals surface area contributed by atoms with E-state index < -0.39 is 5.79 Å². The molecule has 0 saturated carbocycles. The van der Waals surface area contributed by atoms with E-state index in [0.29, 0.717) is 26.1 Å². The Morgan fingerprint density at radius 1 is 0.905 bits per heavy atom. The molecule has 1 atom stereocenters. The molecular weight excluding hydrogens is 270 g/mol. The van der Waals surface area contributed by atoms with Crippen molar-refractivity contribution >= 4 is 0 Å². The van der Waals surface area contributed by atoms with Crippen LogP contribution in [0.15, 0.2) is 0 Å². The minimum Gasteiger partial charge on any atom is -0.395 e. The maximum atomic E-state index is 10.1. The zero-order valence-corrected chi connectivity index (χ0v) is 14.5. The van der Waals surface area contributed by atoms with Gasteiger partial charge in [0.2, 0.25) is 0 Å². The predicted octanol–water partition coefficient (Wildman–Crippen LogP) is 2.01. The summed E-state index contributed by atoms with van der Waals surface area (Å²) < 4.78 is 11.2. The number of likely N-dealkylation sites (N-methyl/N-ethyl adjacent to an activating group) is 1. The third-order valence-corrected chi connectivity index (χ3v) is 3.19. The molecule has 0 rings (SSSR count). The van der Waals surface area contributed by atoms with Crippen molar-refractivity contribution in [2.24, 2.45) is 0 Å². The average molecular weight is 305 g/mol. The van der Waals surface area contributed by atoms with E-state index in [1.807, 2.05) is 11.9 Å². The molecule has 128 valence electrons. The number of aliphatic hydroxyl groups is 2. The Hall–Kier alpha value is -0.200. The molecule has 2 N–H and O–H groups in total. The summed E-state index contributed by atoms with van der Waals surface area (Å²) in [7, 11) is 1.92. The van der Waals surface area contributed by atoms with Gasteiger partial charge in [-0.2, -0.15) is 0 Å². The van der Waals surface area contributed by atoms with Gasteiger partial charge >= 0.3 is 0 Å². The third kappa shape index (κ3) is 14.5. The highest BCUT2D eigenvalue weighted by Crippen LogP contribution is 2.16. The lowest BCUT2D eigenvalue weighted by atomic mass is 10.1. The van der Waals surface area contributed by atoms with Gasteiger partial charge in [-0.3, -0.25) is 0 Å². The Balaban J connectivity index is 3.59. The fourth-order valence-corrected chi connectivity index (χ4v) is 1.89. The lowest BCUT2D eigenvalue weighted by Crippen LogP contribution is -2.33. The first-order valence-corrected chi connectivity index (χ1v) is 7.96. The van der Waals surface area contributed by atoms with Crippen LogP contribution in [0, 0.1) is 0 Å². The fourth-order valence-electron chi connectivity index (χ4n) is 1.89. The summed E-state index contributed by atoms with van der Waals surface area (Å²) in [5, 5.41) is 18.9. The monoisotopic (exact) mass is 305 g/mol. The van der Waals surface area contributed by atoms with Crippen LogP contribution in [-0.2, 0) is 9.47 Å². The molecule has 0 amide bonds. The molecule has 0 aromatic carbocycles. The van der Waals surface area contributed by atoms with Crippen LogP contribution >= 0.6 is 0 Å². The number of unbranched alkanes of at least 4 members (excludes halogenated alkanes) is 2. The highest BCUT2D eigenvalue weighted by molar-refractivity contribution is 4.62. The number of nitrogens with zero attached hydrogens (tertiary/aromatic N) is 1. The summed E-state index contributed by atoms with van der Waals surface area (Å²) in [4.78, 5) is 1.97. The van der Waals surface area contributed by atoms with Crippen molar-refractivity contribution in [2.75, 3.05) is 40.0 Å². The van der Waals surface area contributed by atoms with Crippen molar-refractivity contribution in [2.45, 2.75) is 64.8 Å². The zero-order chi connectivity index (χ0) is 16.4. The van der Waals surface area contributed by atoms with Crippen molar-refractivity contribution in [1.82, 2.24) is 4.90 Å². The molecular formula is C16H35NO4. The Kier molecular flexibility index (Phi) is 10.4. The van der Waals surface area contributed by atoms with Gasteiger partial charge in [0.15, 0.2) is 5.79 Å². The highest BCUT2D eigenvalue weighted by atomic mass is 16.6. The largest absolute Gasteiger partial charge is 0.395 e. The van der Waals surface area contributed by atoms with Crippen molar-refractivity contribution < 1.29 is 19.7 Å². The quantitative estimate of drug-likeness (QED) is 0.427. The van der Waals surface area contributed by atoms with Gasteiger partial charge in [-0.05, 0) is 47.6 Å². The van der Waals surface area contributed by atoms with Crippen LogP contribution in [0.1, 0.15) is 53.4 Å². The molecule has 0 aliphatic heterocycles. The number of aliphatic hydroxyl groups excluding tert-OH is 1. The second kappa shape index (κ2) is 10.5. The van der Waals surface area contributed by atoms with Crippen LogP contribution in [0.5, 0.6) is 0 Å². The van der Waals surface area contributed by atoms with E-state index in [-0.39, 0.29) is 12.2 Å². The fraction of sp³-hybridized carbons (Fsp3) is 1.00. The van der Waals surface area contributed by atoms with E-state index in [2.05, 4.69) is 20.8 Å². The molecule has 0 fully saturated rings. The second-order valence-electron chi connectivity index (χ2n) is 6.82. The molecule has 1 unspecified atom stereocenters. The minimum absolute atomic E-state index is 0.0742. The van der Waals surface area contributed by atoms with Gasteiger partial charge in [-0.15, -0.1) is 0 Å². The molecule has 0 radical (unpaired) electrons. The maximum Gasteiger partial charge on any atom is 0.162 e. The Morgan fingerprint density at radius 3 is 2.14 bits per heavy atom. The maximum absolute atomic E-state index is 10.1. The first-order chi connectivity index (χ1) is 9.66. The van der Waals surface area contributed by atoms with Gasteiger partial charge in [0.1, 0.15) is 0 Å². The molecule has 5 heteroatoms. The summed E-state index contributed by atoms with van der Waals surface area (Å²) in [5.74, 6) is -1.06. The van der Waals surface area contributed by atoms with Crippen LogP contribution in [-0.4, -0.2) is 66.5 Å². The van der Waals surface area contributed by atoms with E-state index in [1.54, 1.807) is 6.92 Å². The highest BCUT2D eigenvalue weighted by Gasteiger charge is 2.20. The SMILES string of the molecule is CN(CCO)CCOC(C)(O)CCCCCOC(C)(C)C. The normalized spacial score (nSPS) is 15.4. The van der Waals surface area contributed by atoms with Crippen molar-refractivity contribution in [3.8, 4) is 0 Å². The number of hydrogen-bond donors (Lipinski definition) is 2. The summed E-state index contributed by atoms with van der Waals surface area (Å²) in [6.07, 6.45) is 3.59. The van der Waals surface area contributed by atoms with Gasteiger partial charge < -0.3 is 24.6 Å². The van der Waals surface area contributed by atoms with E-state index in [1.165, 1.54) is 0 Å². The van der Waals surface area contributed by atoms with Crippen molar-refractivity contribution in [3.05, 3.63) is 0 Å². The summed E-state index contributed by atoms with van der Waals surface area (Å²) in [6, 6.07) is 0. The topological polar surface area (TPSA) is 62.2 Å². The van der Waals surface area contributed by atoms with Crippen LogP contribution < -0.4 is 0 Å². The third-order valence-electron chi connectivity index (χ3n) is 3.19. The molecule has 0 aliphatic carbocycles. The first-order valence-electron chi connectivity index (χ1n) is 7.96.